The summed E-state index contributed by atoms with van der Waals surface area (Å²) in [6, 6.07) is 6.32. The zero-order valence-corrected chi connectivity index (χ0v) is 16.3. The Balaban J connectivity index is 2.15. The van der Waals surface area contributed by atoms with E-state index in [1.165, 1.54) is 25.3 Å². The Hall–Kier alpha value is -2.11. The summed E-state index contributed by atoms with van der Waals surface area (Å²) in [5.74, 6) is -0.203. The van der Waals surface area contributed by atoms with Crippen molar-refractivity contribution in [3.63, 3.8) is 0 Å². The normalized spacial score (nSPS) is 12.3. The van der Waals surface area contributed by atoms with Crippen LogP contribution in [0.4, 0.5) is 22.0 Å². The summed E-state index contributed by atoms with van der Waals surface area (Å²) in [5, 5.41) is -0.255. The zero-order chi connectivity index (χ0) is 21.8. The maximum absolute atomic E-state index is 13.1. The molecule has 0 aliphatic carbocycles. The van der Waals surface area contributed by atoms with Crippen LogP contribution < -0.4 is 14.2 Å². The van der Waals surface area contributed by atoms with E-state index in [0.29, 0.717) is 11.6 Å². The van der Waals surface area contributed by atoms with Crippen molar-refractivity contribution in [2.75, 3.05) is 13.7 Å². The van der Waals surface area contributed by atoms with Crippen LogP contribution in [0.5, 0.6) is 11.5 Å². The summed E-state index contributed by atoms with van der Waals surface area (Å²) < 4.78 is 100.0. The monoisotopic (exact) mass is 459 g/mol. The van der Waals surface area contributed by atoms with Crippen molar-refractivity contribution < 1.29 is 39.8 Å². The first-order valence-corrected chi connectivity index (χ1v) is 9.78. The van der Waals surface area contributed by atoms with Crippen molar-refractivity contribution in [2.24, 2.45) is 0 Å². The molecule has 0 fully saturated rings. The average molecular weight is 460 g/mol. The van der Waals surface area contributed by atoms with Crippen LogP contribution in [-0.2, 0) is 22.6 Å². The van der Waals surface area contributed by atoms with E-state index in [1.54, 1.807) is 0 Å². The Kier molecular flexibility index (Phi) is 7.30. The van der Waals surface area contributed by atoms with E-state index in [-0.39, 0.29) is 29.5 Å². The molecule has 160 valence electrons. The largest absolute Gasteiger partial charge is 0.493 e. The van der Waals surface area contributed by atoms with Gasteiger partial charge in [-0.05, 0) is 42.3 Å². The van der Waals surface area contributed by atoms with Crippen molar-refractivity contribution in [1.82, 2.24) is 4.72 Å². The van der Waals surface area contributed by atoms with Gasteiger partial charge in [-0.2, -0.15) is 22.0 Å². The van der Waals surface area contributed by atoms with Gasteiger partial charge in [-0.25, -0.2) is 13.1 Å². The molecule has 2 aromatic rings. The van der Waals surface area contributed by atoms with E-state index >= 15 is 0 Å². The van der Waals surface area contributed by atoms with Gasteiger partial charge in [0, 0.05) is 11.6 Å². The quantitative estimate of drug-likeness (QED) is 0.591. The predicted octanol–water partition coefficient (Wildman–Crippen LogP) is 4.49. The molecule has 0 saturated heterocycles. The molecule has 0 radical (unpaired) electrons. The van der Waals surface area contributed by atoms with Crippen LogP contribution in [0.3, 0.4) is 0 Å². The summed E-state index contributed by atoms with van der Waals surface area (Å²) in [6.45, 7) is -3.30. The Labute approximate surface area is 168 Å². The number of ether oxygens (including phenoxy) is 2. The first-order valence-electron chi connectivity index (χ1n) is 7.92. The van der Waals surface area contributed by atoms with Gasteiger partial charge in [0.1, 0.15) is 0 Å². The van der Waals surface area contributed by atoms with Crippen LogP contribution in [-0.4, -0.2) is 28.7 Å². The van der Waals surface area contributed by atoms with Gasteiger partial charge in [-0.3, -0.25) is 0 Å². The molecule has 0 bridgehead atoms. The standard InChI is InChI=1S/C17H15ClF5NO4S/c1-27-14-8-10(2-4-13(14)28-16(19)20)6-7-24-29(25,26)15-5-3-11(18)9-12(15)17(21,22)23/h2-5,8-9,16,24H,6-7H2,1H3. The number of hydrogen-bond acceptors (Lipinski definition) is 4. The molecule has 0 unspecified atom stereocenters. The Morgan fingerprint density at radius 1 is 1.10 bits per heavy atom. The van der Waals surface area contributed by atoms with Gasteiger partial charge in [0.25, 0.3) is 0 Å². The second-order valence-corrected chi connectivity index (χ2v) is 7.82. The SMILES string of the molecule is COc1cc(CCNS(=O)(=O)c2ccc(Cl)cc2C(F)(F)F)ccc1OC(F)F. The minimum atomic E-state index is -4.91. The molecular weight excluding hydrogens is 445 g/mol. The van der Waals surface area contributed by atoms with Gasteiger partial charge in [0.15, 0.2) is 11.5 Å². The van der Waals surface area contributed by atoms with E-state index < -0.39 is 33.3 Å². The lowest BCUT2D eigenvalue weighted by Crippen LogP contribution is -2.28. The van der Waals surface area contributed by atoms with Gasteiger partial charge in [-0.1, -0.05) is 17.7 Å². The van der Waals surface area contributed by atoms with Gasteiger partial charge >= 0.3 is 12.8 Å². The Morgan fingerprint density at radius 2 is 1.79 bits per heavy atom. The first-order chi connectivity index (χ1) is 13.4. The molecule has 2 aromatic carbocycles. The molecule has 1 N–H and O–H groups in total. The second kappa shape index (κ2) is 9.14. The van der Waals surface area contributed by atoms with Crippen molar-refractivity contribution in [1.29, 1.82) is 0 Å². The second-order valence-electron chi connectivity index (χ2n) is 5.65. The number of benzene rings is 2. The molecule has 0 aliphatic rings. The van der Waals surface area contributed by atoms with Crippen LogP contribution >= 0.6 is 11.6 Å². The minimum Gasteiger partial charge on any atom is -0.493 e. The molecule has 0 aliphatic heterocycles. The third kappa shape index (κ3) is 6.18. The number of hydrogen-bond donors (Lipinski definition) is 1. The number of rotatable bonds is 8. The molecule has 0 spiro atoms. The fourth-order valence-corrected chi connectivity index (χ4v) is 3.84. The highest BCUT2D eigenvalue weighted by atomic mass is 35.5. The van der Waals surface area contributed by atoms with Crippen LogP contribution in [0.15, 0.2) is 41.3 Å². The topological polar surface area (TPSA) is 64.6 Å². The van der Waals surface area contributed by atoms with Crippen LogP contribution in [0.2, 0.25) is 5.02 Å². The lowest BCUT2D eigenvalue weighted by atomic mass is 10.1. The highest BCUT2D eigenvalue weighted by Gasteiger charge is 2.37. The zero-order valence-electron chi connectivity index (χ0n) is 14.8. The number of halogens is 6. The summed E-state index contributed by atoms with van der Waals surface area (Å²) in [5.41, 5.74) is -0.897. The van der Waals surface area contributed by atoms with E-state index in [9.17, 15) is 30.4 Å². The molecule has 0 saturated carbocycles. The Morgan fingerprint density at radius 3 is 2.38 bits per heavy atom. The summed E-state index contributed by atoms with van der Waals surface area (Å²) in [7, 11) is -3.25. The Bertz CT molecular complexity index is 967. The molecule has 0 aromatic heterocycles. The smallest absolute Gasteiger partial charge is 0.417 e. The molecule has 0 amide bonds. The predicted molar refractivity (Wildman–Crippen MR) is 95.0 cm³/mol. The highest BCUT2D eigenvalue weighted by molar-refractivity contribution is 7.89. The molecule has 2 rings (SSSR count). The third-order valence-corrected chi connectivity index (χ3v) is 5.44. The van der Waals surface area contributed by atoms with Crippen molar-refractivity contribution in [2.45, 2.75) is 24.1 Å². The van der Waals surface area contributed by atoms with Gasteiger partial charge in [0.05, 0.1) is 17.6 Å². The molecule has 0 heterocycles. The number of methoxy groups -OCH3 is 1. The van der Waals surface area contributed by atoms with Gasteiger partial charge < -0.3 is 9.47 Å². The van der Waals surface area contributed by atoms with Gasteiger partial charge in [-0.15, -0.1) is 0 Å². The number of sulfonamides is 1. The summed E-state index contributed by atoms with van der Waals surface area (Å²) >= 11 is 5.55. The number of nitrogens with one attached hydrogen (secondary N) is 1. The highest BCUT2D eigenvalue weighted by Crippen LogP contribution is 2.36. The first kappa shape index (κ1) is 23.2. The van der Waals surface area contributed by atoms with E-state index in [0.717, 1.165) is 12.1 Å². The number of alkyl halides is 5. The van der Waals surface area contributed by atoms with Crippen molar-refractivity contribution in [3.8, 4) is 11.5 Å². The van der Waals surface area contributed by atoms with Gasteiger partial charge in [0.2, 0.25) is 10.0 Å². The van der Waals surface area contributed by atoms with Crippen LogP contribution in [0, 0.1) is 0 Å². The molecule has 29 heavy (non-hydrogen) atoms. The fourth-order valence-electron chi connectivity index (χ4n) is 2.43. The molecule has 5 nitrogen and oxygen atoms in total. The van der Waals surface area contributed by atoms with E-state index in [2.05, 4.69) is 9.46 Å². The summed E-state index contributed by atoms with van der Waals surface area (Å²) in [4.78, 5) is -0.951. The van der Waals surface area contributed by atoms with Crippen LogP contribution in [0.25, 0.3) is 0 Å². The third-order valence-electron chi connectivity index (χ3n) is 3.69. The lowest BCUT2D eigenvalue weighted by molar-refractivity contribution is -0.139. The molecule has 0 atom stereocenters. The average Bonchev–Trinajstić information content (AvgIpc) is 2.61. The van der Waals surface area contributed by atoms with Crippen molar-refractivity contribution >= 4 is 21.6 Å². The molecular formula is C17H15ClF5NO4S. The van der Waals surface area contributed by atoms with E-state index in [1.807, 2.05) is 0 Å². The maximum Gasteiger partial charge on any atom is 0.417 e. The molecule has 12 heteroatoms. The van der Waals surface area contributed by atoms with Crippen molar-refractivity contribution in [3.05, 3.63) is 52.5 Å². The maximum atomic E-state index is 13.1. The van der Waals surface area contributed by atoms with E-state index in [4.69, 9.17) is 16.3 Å². The lowest BCUT2D eigenvalue weighted by Gasteiger charge is -2.15. The minimum absolute atomic E-state index is 0.00251. The summed E-state index contributed by atoms with van der Waals surface area (Å²) in [6.07, 6.45) is -4.86. The van der Waals surface area contributed by atoms with Crippen LogP contribution in [0.1, 0.15) is 11.1 Å². The fraction of sp³-hybridized carbons (Fsp3) is 0.294.